The van der Waals surface area contributed by atoms with E-state index < -0.39 is 11.6 Å². The van der Waals surface area contributed by atoms with Gasteiger partial charge < -0.3 is 9.84 Å². The molecular formula is C9H8BrNO3. The summed E-state index contributed by atoms with van der Waals surface area (Å²) in [6.07, 6.45) is 2.64. The molecule has 1 heterocycles. The number of carboxylic acids is 1. The third kappa shape index (κ3) is 1.72. The summed E-state index contributed by atoms with van der Waals surface area (Å²) in [6.45, 7) is 0. The molecule has 0 aliphatic heterocycles. The summed E-state index contributed by atoms with van der Waals surface area (Å²) in [7, 11) is 0. The lowest BCUT2D eigenvalue weighted by molar-refractivity contribution is -0.147. The normalized spacial score (nSPS) is 17.5. The molecule has 1 aliphatic carbocycles. The van der Waals surface area contributed by atoms with Crippen LogP contribution >= 0.6 is 15.9 Å². The van der Waals surface area contributed by atoms with Crippen molar-refractivity contribution in [3.63, 3.8) is 0 Å². The average Bonchev–Trinajstić information content (AvgIpc) is 2.90. The van der Waals surface area contributed by atoms with E-state index in [1.54, 1.807) is 12.1 Å². The first-order valence-electron chi connectivity index (χ1n) is 4.16. The van der Waals surface area contributed by atoms with Crippen LogP contribution in [0.15, 0.2) is 22.9 Å². The summed E-state index contributed by atoms with van der Waals surface area (Å²) in [4.78, 5) is 14.7. The zero-order valence-electron chi connectivity index (χ0n) is 7.24. The van der Waals surface area contributed by atoms with Crippen LogP contribution in [-0.2, 0) is 4.79 Å². The standard InChI is InChI=1S/C9H8BrNO3/c10-7-2-1-6(5-11-7)14-9(3-4-9)8(12)13/h1-2,5H,3-4H2,(H,12,13). The number of halogens is 1. The Morgan fingerprint density at radius 2 is 2.29 bits per heavy atom. The Hall–Kier alpha value is -1.10. The predicted octanol–water partition coefficient (Wildman–Crippen LogP) is 1.84. The smallest absolute Gasteiger partial charge is 0.348 e. The van der Waals surface area contributed by atoms with Crippen molar-refractivity contribution in [2.75, 3.05) is 0 Å². The van der Waals surface area contributed by atoms with Crippen molar-refractivity contribution in [2.45, 2.75) is 18.4 Å². The SMILES string of the molecule is O=C(O)C1(Oc2ccc(Br)nc2)CC1. The lowest BCUT2D eigenvalue weighted by Crippen LogP contribution is -2.28. The molecule has 0 radical (unpaired) electrons. The second-order valence-corrected chi connectivity index (χ2v) is 4.03. The van der Waals surface area contributed by atoms with E-state index in [0.29, 0.717) is 23.2 Å². The van der Waals surface area contributed by atoms with Crippen molar-refractivity contribution in [2.24, 2.45) is 0 Å². The zero-order valence-corrected chi connectivity index (χ0v) is 8.82. The number of nitrogens with zero attached hydrogens (tertiary/aromatic N) is 1. The molecule has 0 bridgehead atoms. The number of rotatable bonds is 3. The van der Waals surface area contributed by atoms with E-state index in [0.717, 1.165) is 0 Å². The van der Waals surface area contributed by atoms with Gasteiger partial charge in [-0.15, -0.1) is 0 Å². The highest BCUT2D eigenvalue weighted by Gasteiger charge is 2.53. The van der Waals surface area contributed by atoms with Gasteiger partial charge in [-0.1, -0.05) is 0 Å². The maximum Gasteiger partial charge on any atom is 0.348 e. The minimum atomic E-state index is -0.991. The van der Waals surface area contributed by atoms with Gasteiger partial charge in [0.25, 0.3) is 0 Å². The van der Waals surface area contributed by atoms with Crippen LogP contribution in [0.2, 0.25) is 0 Å². The van der Waals surface area contributed by atoms with Crippen molar-refractivity contribution in [1.29, 1.82) is 0 Å². The van der Waals surface area contributed by atoms with E-state index in [1.807, 2.05) is 0 Å². The molecule has 1 N–H and O–H groups in total. The molecule has 0 spiro atoms. The minimum absolute atomic E-state index is 0.494. The molecule has 4 nitrogen and oxygen atoms in total. The predicted molar refractivity (Wildman–Crippen MR) is 52.2 cm³/mol. The fourth-order valence-corrected chi connectivity index (χ4v) is 1.36. The molecule has 74 valence electrons. The summed E-state index contributed by atoms with van der Waals surface area (Å²) in [5.74, 6) is -0.409. The molecule has 0 aromatic carbocycles. The van der Waals surface area contributed by atoms with Gasteiger partial charge in [0.05, 0.1) is 6.20 Å². The van der Waals surface area contributed by atoms with Gasteiger partial charge in [-0.05, 0) is 28.1 Å². The molecule has 0 unspecified atom stereocenters. The van der Waals surface area contributed by atoms with Gasteiger partial charge in [-0.2, -0.15) is 0 Å². The molecule has 1 aromatic rings. The highest BCUT2D eigenvalue weighted by Crippen LogP contribution is 2.40. The summed E-state index contributed by atoms with van der Waals surface area (Å²) >= 11 is 3.19. The lowest BCUT2D eigenvalue weighted by Gasteiger charge is -2.12. The summed E-state index contributed by atoms with van der Waals surface area (Å²) in [6, 6.07) is 3.41. The topological polar surface area (TPSA) is 59.4 Å². The monoisotopic (exact) mass is 257 g/mol. The Bertz CT molecular complexity index is 359. The average molecular weight is 258 g/mol. The van der Waals surface area contributed by atoms with Crippen LogP contribution in [0.3, 0.4) is 0 Å². The van der Waals surface area contributed by atoms with Crippen LogP contribution in [0.25, 0.3) is 0 Å². The lowest BCUT2D eigenvalue weighted by atomic mass is 10.3. The number of ether oxygens (including phenoxy) is 1. The molecule has 1 saturated carbocycles. The van der Waals surface area contributed by atoms with Gasteiger partial charge in [0.15, 0.2) is 0 Å². The molecule has 0 saturated heterocycles. The second-order valence-electron chi connectivity index (χ2n) is 3.22. The zero-order chi connectivity index (χ0) is 10.2. The molecule has 5 heteroatoms. The van der Waals surface area contributed by atoms with Gasteiger partial charge in [0.2, 0.25) is 5.60 Å². The van der Waals surface area contributed by atoms with Crippen LogP contribution in [0, 0.1) is 0 Å². The van der Waals surface area contributed by atoms with E-state index in [9.17, 15) is 4.79 Å². The first-order chi connectivity index (χ1) is 6.62. The molecule has 14 heavy (non-hydrogen) atoms. The Morgan fingerprint density at radius 1 is 1.57 bits per heavy atom. The van der Waals surface area contributed by atoms with Crippen LogP contribution in [-0.4, -0.2) is 21.7 Å². The van der Waals surface area contributed by atoms with E-state index in [1.165, 1.54) is 6.20 Å². The van der Waals surface area contributed by atoms with Gasteiger partial charge >= 0.3 is 5.97 Å². The number of aliphatic carboxylic acids is 1. The Morgan fingerprint density at radius 3 is 2.71 bits per heavy atom. The largest absolute Gasteiger partial charge is 0.478 e. The van der Waals surface area contributed by atoms with E-state index >= 15 is 0 Å². The molecule has 0 atom stereocenters. The van der Waals surface area contributed by atoms with Crippen molar-refractivity contribution in [1.82, 2.24) is 4.98 Å². The third-order valence-corrected chi connectivity index (χ3v) is 2.58. The number of carboxylic acid groups (broad SMARTS) is 1. The molecule has 1 aliphatic rings. The summed E-state index contributed by atoms with van der Waals surface area (Å²) in [5.41, 5.74) is -0.991. The van der Waals surface area contributed by atoms with E-state index in [2.05, 4.69) is 20.9 Å². The first-order valence-corrected chi connectivity index (χ1v) is 4.96. The van der Waals surface area contributed by atoms with Crippen molar-refractivity contribution in [3.05, 3.63) is 22.9 Å². The minimum Gasteiger partial charge on any atom is -0.478 e. The van der Waals surface area contributed by atoms with Gasteiger partial charge in [-0.3, -0.25) is 0 Å². The summed E-state index contributed by atoms with van der Waals surface area (Å²) in [5, 5.41) is 8.86. The Balaban J connectivity index is 2.11. The number of aromatic nitrogens is 1. The fraction of sp³-hybridized carbons (Fsp3) is 0.333. The number of pyridine rings is 1. The molecule has 0 amide bonds. The van der Waals surface area contributed by atoms with Crippen molar-refractivity contribution < 1.29 is 14.6 Å². The Labute approximate surface area is 89.0 Å². The van der Waals surface area contributed by atoms with Crippen LogP contribution < -0.4 is 4.74 Å². The van der Waals surface area contributed by atoms with Crippen LogP contribution in [0.1, 0.15) is 12.8 Å². The van der Waals surface area contributed by atoms with Crippen LogP contribution in [0.5, 0.6) is 5.75 Å². The number of carbonyl (C=O) groups is 1. The quantitative estimate of drug-likeness (QED) is 0.840. The maximum atomic E-state index is 10.8. The first kappa shape index (κ1) is 9.45. The van der Waals surface area contributed by atoms with E-state index in [-0.39, 0.29) is 0 Å². The highest BCUT2D eigenvalue weighted by molar-refractivity contribution is 9.10. The van der Waals surface area contributed by atoms with Gasteiger partial charge in [-0.25, -0.2) is 9.78 Å². The molecular weight excluding hydrogens is 250 g/mol. The van der Waals surface area contributed by atoms with Gasteiger partial charge in [0.1, 0.15) is 10.4 Å². The third-order valence-electron chi connectivity index (χ3n) is 2.11. The van der Waals surface area contributed by atoms with Crippen LogP contribution in [0.4, 0.5) is 0 Å². The van der Waals surface area contributed by atoms with Gasteiger partial charge in [0, 0.05) is 12.8 Å². The number of hydrogen-bond acceptors (Lipinski definition) is 3. The summed E-state index contributed by atoms with van der Waals surface area (Å²) < 4.78 is 6.05. The molecule has 2 rings (SSSR count). The molecule has 1 aromatic heterocycles. The van der Waals surface area contributed by atoms with E-state index in [4.69, 9.17) is 9.84 Å². The Kier molecular flexibility index (Phi) is 2.19. The highest BCUT2D eigenvalue weighted by atomic mass is 79.9. The molecule has 1 fully saturated rings. The maximum absolute atomic E-state index is 10.8. The van der Waals surface area contributed by atoms with Crippen molar-refractivity contribution >= 4 is 21.9 Å². The fourth-order valence-electron chi connectivity index (χ4n) is 1.12. The number of hydrogen-bond donors (Lipinski definition) is 1. The van der Waals surface area contributed by atoms with Crippen molar-refractivity contribution in [3.8, 4) is 5.75 Å². The second kappa shape index (κ2) is 3.24.